The van der Waals surface area contributed by atoms with Crippen LogP contribution in [0, 0.1) is 17.6 Å². The van der Waals surface area contributed by atoms with Crippen LogP contribution in [0.2, 0.25) is 0 Å². The highest BCUT2D eigenvalue weighted by atomic mass is 19.1. The minimum atomic E-state index is -0.947. The quantitative estimate of drug-likeness (QED) is 0.862. The molecule has 0 saturated heterocycles. The van der Waals surface area contributed by atoms with Gasteiger partial charge in [0.1, 0.15) is 5.82 Å². The van der Waals surface area contributed by atoms with E-state index in [1.54, 1.807) is 0 Å². The molecule has 3 nitrogen and oxygen atoms in total. The molecule has 86 valence electrons. The normalized spacial score (nSPS) is 22.9. The molecule has 0 aromatic heterocycles. The number of carbonyl (C=O) groups is 1. The molecule has 16 heavy (non-hydrogen) atoms. The summed E-state index contributed by atoms with van der Waals surface area (Å²) >= 11 is 0. The summed E-state index contributed by atoms with van der Waals surface area (Å²) in [4.78, 5) is 10.7. The van der Waals surface area contributed by atoms with Crippen molar-refractivity contribution in [3.05, 3.63) is 29.3 Å². The smallest absolute Gasteiger partial charge is 0.307 e. The van der Waals surface area contributed by atoms with Crippen molar-refractivity contribution in [2.24, 2.45) is 5.92 Å². The van der Waals surface area contributed by atoms with Crippen molar-refractivity contribution in [2.75, 3.05) is 7.11 Å². The van der Waals surface area contributed by atoms with Gasteiger partial charge in [-0.3, -0.25) is 4.79 Å². The van der Waals surface area contributed by atoms with Crippen molar-refractivity contribution in [1.82, 2.24) is 0 Å². The van der Waals surface area contributed by atoms with Crippen molar-refractivity contribution in [3.8, 4) is 5.75 Å². The van der Waals surface area contributed by atoms with Gasteiger partial charge in [-0.1, -0.05) is 0 Å². The Morgan fingerprint density at radius 1 is 1.50 bits per heavy atom. The Bertz CT molecular complexity index is 445. The second-order valence-electron chi connectivity index (χ2n) is 3.80. The molecule has 0 radical (unpaired) electrons. The predicted octanol–water partition coefficient (Wildman–Crippen LogP) is 2.16. The van der Waals surface area contributed by atoms with E-state index in [0.717, 1.165) is 12.1 Å². The molecule has 2 unspecified atom stereocenters. The third-order valence-corrected chi connectivity index (χ3v) is 2.75. The molecule has 1 aliphatic rings. The average Bonchev–Trinajstić information content (AvgIpc) is 2.95. The number of methoxy groups -OCH3 is 1. The number of benzene rings is 1. The highest BCUT2D eigenvalue weighted by molar-refractivity contribution is 5.75. The van der Waals surface area contributed by atoms with Gasteiger partial charge < -0.3 is 9.84 Å². The summed E-state index contributed by atoms with van der Waals surface area (Å²) in [6.45, 7) is 0. The lowest BCUT2D eigenvalue weighted by molar-refractivity contribution is -0.138. The zero-order chi connectivity index (χ0) is 11.9. The number of aliphatic carboxylic acids is 1. The van der Waals surface area contributed by atoms with Gasteiger partial charge in [0, 0.05) is 17.5 Å². The molecule has 2 rings (SSSR count). The van der Waals surface area contributed by atoms with Crippen LogP contribution < -0.4 is 4.74 Å². The molecule has 0 amide bonds. The molecule has 1 fully saturated rings. The molecular formula is C11H10F2O3. The SMILES string of the molecule is COc1c(F)cc(F)cc1C1CC1C(=O)O. The number of hydrogen-bond acceptors (Lipinski definition) is 2. The van der Waals surface area contributed by atoms with Crippen LogP contribution in [0.5, 0.6) is 5.75 Å². The van der Waals surface area contributed by atoms with Crippen LogP contribution in [0.3, 0.4) is 0 Å². The van der Waals surface area contributed by atoms with Gasteiger partial charge >= 0.3 is 5.97 Å². The summed E-state index contributed by atoms with van der Waals surface area (Å²) < 4.78 is 31.2. The molecule has 1 saturated carbocycles. The maximum atomic E-state index is 13.3. The summed E-state index contributed by atoms with van der Waals surface area (Å²) in [7, 11) is 1.28. The topological polar surface area (TPSA) is 46.5 Å². The fourth-order valence-corrected chi connectivity index (χ4v) is 1.88. The molecule has 1 N–H and O–H groups in total. The average molecular weight is 228 g/mol. The lowest BCUT2D eigenvalue weighted by Gasteiger charge is -2.08. The summed E-state index contributed by atoms with van der Waals surface area (Å²) in [6, 6.07) is 1.86. The second kappa shape index (κ2) is 3.73. The Hall–Kier alpha value is -1.65. The summed E-state index contributed by atoms with van der Waals surface area (Å²) in [6.07, 6.45) is 0.397. The van der Waals surface area contributed by atoms with Crippen molar-refractivity contribution >= 4 is 5.97 Å². The van der Waals surface area contributed by atoms with E-state index < -0.39 is 23.5 Å². The van der Waals surface area contributed by atoms with Gasteiger partial charge in [0.05, 0.1) is 13.0 Å². The number of carboxylic acids is 1. The largest absolute Gasteiger partial charge is 0.493 e. The minimum absolute atomic E-state index is 0.0600. The van der Waals surface area contributed by atoms with E-state index in [4.69, 9.17) is 9.84 Å². The van der Waals surface area contributed by atoms with Gasteiger partial charge in [-0.05, 0) is 12.5 Å². The van der Waals surface area contributed by atoms with Gasteiger partial charge in [-0.15, -0.1) is 0 Å². The first-order valence-electron chi connectivity index (χ1n) is 4.80. The van der Waals surface area contributed by atoms with Crippen LogP contribution >= 0.6 is 0 Å². The van der Waals surface area contributed by atoms with E-state index in [1.807, 2.05) is 0 Å². The van der Waals surface area contributed by atoms with Crippen LogP contribution in [-0.4, -0.2) is 18.2 Å². The molecule has 1 aromatic carbocycles. The zero-order valence-corrected chi connectivity index (χ0v) is 8.54. The third kappa shape index (κ3) is 1.73. The number of hydrogen-bond donors (Lipinski definition) is 1. The highest BCUT2D eigenvalue weighted by Crippen LogP contribution is 2.51. The monoisotopic (exact) mass is 228 g/mol. The van der Waals surface area contributed by atoms with Crippen LogP contribution in [0.25, 0.3) is 0 Å². The lowest BCUT2D eigenvalue weighted by Crippen LogP contribution is -2.01. The summed E-state index contributed by atoms with van der Waals surface area (Å²) in [5, 5.41) is 8.76. The Kier molecular flexibility index (Phi) is 2.53. The van der Waals surface area contributed by atoms with Gasteiger partial charge in [0.15, 0.2) is 11.6 Å². The number of rotatable bonds is 3. The fraction of sp³-hybridized carbons (Fsp3) is 0.364. The van der Waals surface area contributed by atoms with Crippen LogP contribution in [0.15, 0.2) is 12.1 Å². The predicted molar refractivity (Wildman–Crippen MR) is 51.4 cm³/mol. The van der Waals surface area contributed by atoms with Crippen molar-refractivity contribution in [2.45, 2.75) is 12.3 Å². The summed E-state index contributed by atoms with van der Waals surface area (Å²) in [5.41, 5.74) is 0.299. The standard InChI is InChI=1S/C11H10F2O3/c1-16-10-7(2-5(12)3-9(10)13)6-4-8(6)11(14)15/h2-3,6,8H,4H2,1H3,(H,14,15). The van der Waals surface area contributed by atoms with Gasteiger partial charge in [-0.2, -0.15) is 0 Å². The van der Waals surface area contributed by atoms with Gasteiger partial charge in [-0.25, -0.2) is 8.78 Å². The lowest BCUT2D eigenvalue weighted by atomic mass is 10.1. The third-order valence-electron chi connectivity index (χ3n) is 2.75. The van der Waals surface area contributed by atoms with Crippen LogP contribution in [-0.2, 0) is 4.79 Å². The molecule has 1 aliphatic carbocycles. The maximum Gasteiger partial charge on any atom is 0.307 e. The molecule has 2 atom stereocenters. The van der Waals surface area contributed by atoms with E-state index in [9.17, 15) is 13.6 Å². The molecule has 1 aromatic rings. The first kappa shape index (κ1) is 10.9. The van der Waals surface area contributed by atoms with Crippen molar-refractivity contribution < 1.29 is 23.4 Å². The fourth-order valence-electron chi connectivity index (χ4n) is 1.88. The molecule has 0 heterocycles. The molecule has 5 heteroatoms. The molecule has 0 aliphatic heterocycles. The number of ether oxygens (including phenoxy) is 1. The van der Waals surface area contributed by atoms with E-state index in [1.165, 1.54) is 7.11 Å². The Morgan fingerprint density at radius 2 is 2.19 bits per heavy atom. The Balaban J connectivity index is 2.37. The van der Waals surface area contributed by atoms with E-state index >= 15 is 0 Å². The van der Waals surface area contributed by atoms with Crippen molar-refractivity contribution in [1.29, 1.82) is 0 Å². The minimum Gasteiger partial charge on any atom is -0.493 e. The molecular weight excluding hydrogens is 218 g/mol. The maximum absolute atomic E-state index is 13.3. The number of carboxylic acid groups (broad SMARTS) is 1. The second-order valence-corrected chi connectivity index (χ2v) is 3.80. The summed E-state index contributed by atoms with van der Waals surface area (Å²) in [5.74, 6) is -3.43. The van der Waals surface area contributed by atoms with Crippen LogP contribution in [0.1, 0.15) is 17.9 Å². The van der Waals surface area contributed by atoms with Crippen LogP contribution in [0.4, 0.5) is 8.78 Å². The molecule has 0 bridgehead atoms. The zero-order valence-electron chi connectivity index (χ0n) is 8.54. The Morgan fingerprint density at radius 3 is 2.69 bits per heavy atom. The van der Waals surface area contributed by atoms with Crippen molar-refractivity contribution in [3.63, 3.8) is 0 Å². The highest BCUT2D eigenvalue weighted by Gasteiger charge is 2.46. The van der Waals surface area contributed by atoms with Gasteiger partial charge in [0.2, 0.25) is 0 Å². The molecule has 0 spiro atoms. The number of halogens is 2. The van der Waals surface area contributed by atoms with E-state index in [2.05, 4.69) is 0 Å². The first-order valence-corrected chi connectivity index (χ1v) is 4.80. The first-order chi connectivity index (χ1) is 7.54. The van der Waals surface area contributed by atoms with E-state index in [0.29, 0.717) is 12.0 Å². The van der Waals surface area contributed by atoms with Gasteiger partial charge in [0.25, 0.3) is 0 Å². The Labute approximate surface area is 90.7 Å². The van der Waals surface area contributed by atoms with E-state index in [-0.39, 0.29) is 11.7 Å².